The molecule has 0 aliphatic heterocycles. The lowest BCUT2D eigenvalue weighted by atomic mass is 10.0. The van der Waals surface area contributed by atoms with Crippen molar-refractivity contribution in [3.8, 4) is 0 Å². The molecule has 3 nitrogen and oxygen atoms in total. The summed E-state index contributed by atoms with van der Waals surface area (Å²) in [5.41, 5.74) is 10.5. The second kappa shape index (κ2) is 6.55. The molecule has 100 valence electrons. The zero-order chi connectivity index (χ0) is 13.7. The minimum Gasteiger partial charge on any atom is -0.341 e. The van der Waals surface area contributed by atoms with Crippen LogP contribution < -0.4 is 5.73 Å². The normalized spacial score (nSPS) is 10.5. The summed E-state index contributed by atoms with van der Waals surface area (Å²) in [6.45, 7) is 7.56. The number of amides is 1. The monoisotopic (exact) mass is 248 g/mol. The molecule has 2 N–H and O–H groups in total. The van der Waals surface area contributed by atoms with Crippen LogP contribution in [0, 0.1) is 20.8 Å². The largest absolute Gasteiger partial charge is 0.341 e. The zero-order valence-corrected chi connectivity index (χ0v) is 11.9. The molecule has 0 aromatic heterocycles. The Hall–Kier alpha value is -1.35. The molecule has 1 aromatic carbocycles. The second-order valence-corrected chi connectivity index (χ2v) is 5.00. The summed E-state index contributed by atoms with van der Waals surface area (Å²) in [7, 11) is 1.85. The third kappa shape index (κ3) is 3.84. The van der Waals surface area contributed by atoms with E-state index >= 15 is 0 Å². The molecule has 0 aliphatic rings. The lowest BCUT2D eigenvalue weighted by molar-refractivity contribution is -0.130. The Balaban J connectivity index is 2.72. The van der Waals surface area contributed by atoms with Crippen LogP contribution >= 0.6 is 0 Å². The fraction of sp³-hybridized carbons (Fsp3) is 0.533. The van der Waals surface area contributed by atoms with Gasteiger partial charge >= 0.3 is 0 Å². The smallest absolute Gasteiger partial charge is 0.222 e. The van der Waals surface area contributed by atoms with Crippen molar-refractivity contribution in [3.05, 3.63) is 34.4 Å². The number of hydrogen-bond acceptors (Lipinski definition) is 2. The number of benzene rings is 1. The summed E-state index contributed by atoms with van der Waals surface area (Å²) in [6.07, 6.45) is 1.30. The lowest BCUT2D eigenvalue weighted by Gasteiger charge is -2.19. The first kappa shape index (κ1) is 14.7. The van der Waals surface area contributed by atoms with E-state index in [0.717, 1.165) is 6.42 Å². The molecule has 0 heterocycles. The van der Waals surface area contributed by atoms with Crippen LogP contribution in [0.1, 0.15) is 35.1 Å². The van der Waals surface area contributed by atoms with Crippen LogP contribution in [0.2, 0.25) is 0 Å². The van der Waals surface area contributed by atoms with Crippen LogP contribution in [0.15, 0.2) is 12.1 Å². The number of rotatable bonds is 5. The van der Waals surface area contributed by atoms with Gasteiger partial charge in [-0.1, -0.05) is 12.1 Å². The van der Waals surface area contributed by atoms with Gasteiger partial charge in [0.25, 0.3) is 0 Å². The Bertz CT molecular complexity index is 427. The molecule has 1 aromatic rings. The van der Waals surface area contributed by atoms with E-state index in [1.807, 2.05) is 7.05 Å². The molecule has 3 heteroatoms. The first-order chi connectivity index (χ1) is 8.45. The summed E-state index contributed by atoms with van der Waals surface area (Å²) in [5.74, 6) is 0.165. The van der Waals surface area contributed by atoms with Crippen molar-refractivity contribution in [3.63, 3.8) is 0 Å². The summed E-state index contributed by atoms with van der Waals surface area (Å²) in [5, 5.41) is 0. The number of nitrogens with two attached hydrogens (primary N) is 1. The average molecular weight is 248 g/mol. The molecule has 0 fully saturated rings. The molecule has 0 unspecified atom stereocenters. The van der Waals surface area contributed by atoms with Gasteiger partial charge in [0, 0.05) is 20.0 Å². The van der Waals surface area contributed by atoms with Crippen molar-refractivity contribution < 1.29 is 4.79 Å². The van der Waals surface area contributed by atoms with Crippen molar-refractivity contribution in [2.45, 2.75) is 40.2 Å². The van der Waals surface area contributed by atoms with Crippen molar-refractivity contribution in [1.82, 2.24) is 4.90 Å². The van der Waals surface area contributed by atoms with E-state index in [-0.39, 0.29) is 5.91 Å². The van der Waals surface area contributed by atoms with Crippen LogP contribution in [0.4, 0.5) is 0 Å². The maximum absolute atomic E-state index is 11.8. The summed E-state index contributed by atoms with van der Waals surface area (Å²) >= 11 is 0. The fourth-order valence-corrected chi connectivity index (χ4v) is 1.98. The summed E-state index contributed by atoms with van der Waals surface area (Å²) in [4.78, 5) is 13.6. The predicted octanol–water partition coefficient (Wildman–Crippen LogP) is 2.31. The Labute approximate surface area is 110 Å². The highest BCUT2D eigenvalue weighted by Gasteiger charge is 2.10. The summed E-state index contributed by atoms with van der Waals surface area (Å²) < 4.78 is 0. The number of nitrogens with zero attached hydrogens (tertiary/aromatic N) is 1. The van der Waals surface area contributed by atoms with Gasteiger partial charge in [0.2, 0.25) is 5.91 Å². The van der Waals surface area contributed by atoms with Crippen molar-refractivity contribution >= 4 is 5.91 Å². The molecule has 18 heavy (non-hydrogen) atoms. The van der Waals surface area contributed by atoms with Gasteiger partial charge in [0.05, 0.1) is 0 Å². The van der Waals surface area contributed by atoms with Gasteiger partial charge in [0.15, 0.2) is 0 Å². The van der Waals surface area contributed by atoms with Crippen molar-refractivity contribution in [2.75, 3.05) is 13.6 Å². The van der Waals surface area contributed by atoms with Crippen LogP contribution in [0.5, 0.6) is 0 Å². The van der Waals surface area contributed by atoms with Crippen LogP contribution in [0.3, 0.4) is 0 Å². The van der Waals surface area contributed by atoms with Gasteiger partial charge in [-0.3, -0.25) is 4.79 Å². The maximum Gasteiger partial charge on any atom is 0.222 e. The topological polar surface area (TPSA) is 46.3 Å². The Morgan fingerprint density at radius 2 is 1.78 bits per heavy atom. The van der Waals surface area contributed by atoms with Crippen LogP contribution in [-0.2, 0) is 11.3 Å². The van der Waals surface area contributed by atoms with Crippen molar-refractivity contribution in [1.29, 1.82) is 0 Å². The van der Waals surface area contributed by atoms with Gasteiger partial charge in [-0.05, 0) is 56.0 Å². The van der Waals surface area contributed by atoms with Gasteiger partial charge in [-0.25, -0.2) is 0 Å². The first-order valence-electron chi connectivity index (χ1n) is 6.46. The van der Waals surface area contributed by atoms with Gasteiger partial charge < -0.3 is 10.6 Å². The number of carbonyl (C=O) groups excluding carboxylic acids is 1. The molecule has 0 saturated heterocycles. The average Bonchev–Trinajstić information content (AvgIpc) is 2.32. The molecular weight excluding hydrogens is 224 g/mol. The van der Waals surface area contributed by atoms with E-state index < -0.39 is 0 Å². The minimum absolute atomic E-state index is 0.165. The maximum atomic E-state index is 11.8. The minimum atomic E-state index is 0.165. The van der Waals surface area contributed by atoms with E-state index in [4.69, 9.17) is 5.73 Å². The van der Waals surface area contributed by atoms with E-state index in [9.17, 15) is 4.79 Å². The molecule has 0 bridgehead atoms. The van der Waals surface area contributed by atoms with E-state index in [1.165, 1.54) is 22.3 Å². The Kier molecular flexibility index (Phi) is 5.35. The predicted molar refractivity (Wildman–Crippen MR) is 75.4 cm³/mol. The molecule has 1 amide bonds. The Morgan fingerprint density at radius 3 is 2.39 bits per heavy atom. The second-order valence-electron chi connectivity index (χ2n) is 5.00. The molecule has 0 radical (unpaired) electrons. The quantitative estimate of drug-likeness (QED) is 0.869. The SMILES string of the molecule is Cc1cc(C)c(CN(C)C(=O)CCCN)cc1C. The van der Waals surface area contributed by atoms with Gasteiger partial charge in [0.1, 0.15) is 0 Å². The highest BCUT2D eigenvalue weighted by atomic mass is 16.2. The van der Waals surface area contributed by atoms with Gasteiger partial charge in [-0.2, -0.15) is 0 Å². The van der Waals surface area contributed by atoms with E-state index in [0.29, 0.717) is 19.5 Å². The third-order valence-electron chi connectivity index (χ3n) is 3.38. The molecule has 0 saturated carbocycles. The standard InChI is InChI=1S/C15H24N2O/c1-11-8-13(3)14(9-12(11)2)10-17(4)15(18)6-5-7-16/h8-9H,5-7,10,16H2,1-4H3. The van der Waals surface area contributed by atoms with E-state index in [2.05, 4.69) is 32.9 Å². The third-order valence-corrected chi connectivity index (χ3v) is 3.38. The number of carbonyl (C=O) groups is 1. The number of aryl methyl sites for hydroxylation is 3. The van der Waals surface area contributed by atoms with Gasteiger partial charge in [-0.15, -0.1) is 0 Å². The molecule has 0 aliphatic carbocycles. The highest BCUT2D eigenvalue weighted by Crippen LogP contribution is 2.17. The van der Waals surface area contributed by atoms with Crippen LogP contribution in [0.25, 0.3) is 0 Å². The van der Waals surface area contributed by atoms with Crippen LogP contribution in [-0.4, -0.2) is 24.4 Å². The molecule has 0 spiro atoms. The fourth-order valence-electron chi connectivity index (χ4n) is 1.98. The highest BCUT2D eigenvalue weighted by molar-refractivity contribution is 5.75. The molecular formula is C15H24N2O. The Morgan fingerprint density at radius 1 is 1.17 bits per heavy atom. The van der Waals surface area contributed by atoms with Crippen molar-refractivity contribution in [2.24, 2.45) is 5.73 Å². The molecule has 1 rings (SSSR count). The first-order valence-corrected chi connectivity index (χ1v) is 6.46. The summed E-state index contributed by atoms with van der Waals surface area (Å²) in [6, 6.07) is 4.36. The zero-order valence-electron chi connectivity index (χ0n) is 11.9. The number of hydrogen-bond donors (Lipinski definition) is 1. The molecule has 0 atom stereocenters. The van der Waals surface area contributed by atoms with E-state index in [1.54, 1.807) is 4.90 Å². The lowest BCUT2D eigenvalue weighted by Crippen LogP contribution is -2.26.